The first-order valence-electron chi connectivity index (χ1n) is 7.33. The summed E-state index contributed by atoms with van der Waals surface area (Å²) in [6.07, 6.45) is 3.81. The Morgan fingerprint density at radius 1 is 1.33 bits per heavy atom. The summed E-state index contributed by atoms with van der Waals surface area (Å²) in [4.78, 5) is 4.31. The van der Waals surface area contributed by atoms with Crippen LogP contribution in [0.2, 0.25) is 0 Å². The number of aromatic hydroxyl groups is 1. The predicted molar refractivity (Wildman–Crippen MR) is 82.8 cm³/mol. The smallest absolute Gasteiger partial charge is 0.237 e. The van der Waals surface area contributed by atoms with Crippen LogP contribution in [0.25, 0.3) is 0 Å². The first-order valence-corrected chi connectivity index (χ1v) is 7.33. The quantitative estimate of drug-likeness (QED) is 0.899. The van der Waals surface area contributed by atoms with Crippen molar-refractivity contribution in [3.05, 3.63) is 47.7 Å². The molecule has 1 unspecified atom stereocenters. The van der Waals surface area contributed by atoms with Gasteiger partial charge in [-0.3, -0.25) is 0 Å². The molecule has 0 fully saturated rings. The molecule has 1 aliphatic carbocycles. The molecule has 1 atom stereocenters. The molecular weight excluding hydrogens is 264 g/mol. The number of hydrogen-bond acceptors (Lipinski definition) is 4. The van der Waals surface area contributed by atoms with Gasteiger partial charge in [-0.05, 0) is 62.1 Å². The van der Waals surface area contributed by atoms with E-state index >= 15 is 0 Å². The second kappa shape index (κ2) is 5.64. The fourth-order valence-corrected chi connectivity index (χ4v) is 2.76. The minimum absolute atomic E-state index is 0.0910. The molecule has 0 saturated carbocycles. The highest BCUT2D eigenvalue weighted by molar-refractivity contribution is 5.55. The Morgan fingerprint density at radius 2 is 2.19 bits per heavy atom. The highest BCUT2D eigenvalue weighted by Crippen LogP contribution is 2.37. The van der Waals surface area contributed by atoms with Crippen molar-refractivity contribution in [3.63, 3.8) is 0 Å². The van der Waals surface area contributed by atoms with Gasteiger partial charge in [-0.2, -0.15) is 0 Å². The second-order valence-corrected chi connectivity index (χ2v) is 5.64. The number of aryl methyl sites for hydroxylation is 1. The Balaban J connectivity index is 1.83. The molecule has 0 aliphatic heterocycles. The summed E-state index contributed by atoms with van der Waals surface area (Å²) in [5, 5.41) is 13.1. The molecule has 0 saturated heterocycles. The molecule has 2 N–H and O–H groups in total. The van der Waals surface area contributed by atoms with Crippen LogP contribution < -0.4 is 10.1 Å². The number of hydrogen-bond donors (Lipinski definition) is 2. The number of rotatable bonds is 4. The van der Waals surface area contributed by atoms with Crippen LogP contribution in [0.5, 0.6) is 11.6 Å². The van der Waals surface area contributed by atoms with E-state index in [1.165, 1.54) is 11.1 Å². The molecule has 110 valence electrons. The molecule has 21 heavy (non-hydrogen) atoms. The highest BCUT2D eigenvalue weighted by Gasteiger charge is 2.23. The largest absolute Gasteiger partial charge is 0.508 e. The standard InChI is InChI=1S/C17H20N2O2/c1-11(2)21-17-16(4-3-9-18-17)19-15-8-5-12-10-13(20)6-7-14(12)15/h3-4,6-7,9-11,15,19-20H,5,8H2,1-2H3. The number of phenolic OH excluding ortho intramolecular Hbond substituents is 1. The number of anilines is 1. The zero-order valence-electron chi connectivity index (χ0n) is 12.3. The topological polar surface area (TPSA) is 54.4 Å². The summed E-state index contributed by atoms with van der Waals surface area (Å²) in [6.45, 7) is 3.98. The van der Waals surface area contributed by atoms with E-state index in [1.54, 1.807) is 12.3 Å². The highest BCUT2D eigenvalue weighted by atomic mass is 16.5. The maximum atomic E-state index is 9.57. The molecule has 3 rings (SSSR count). The number of phenols is 1. The van der Waals surface area contributed by atoms with Crippen LogP contribution in [0.15, 0.2) is 36.5 Å². The first-order chi connectivity index (χ1) is 10.1. The lowest BCUT2D eigenvalue weighted by atomic mass is 10.1. The molecule has 1 heterocycles. The van der Waals surface area contributed by atoms with Crippen molar-refractivity contribution in [2.24, 2.45) is 0 Å². The van der Waals surface area contributed by atoms with E-state index in [0.717, 1.165) is 18.5 Å². The lowest BCUT2D eigenvalue weighted by Crippen LogP contribution is -2.12. The van der Waals surface area contributed by atoms with Crippen molar-refractivity contribution < 1.29 is 9.84 Å². The van der Waals surface area contributed by atoms with Gasteiger partial charge in [0.05, 0.1) is 17.8 Å². The maximum absolute atomic E-state index is 9.57. The summed E-state index contributed by atoms with van der Waals surface area (Å²) in [7, 11) is 0. The summed E-state index contributed by atoms with van der Waals surface area (Å²) < 4.78 is 5.75. The van der Waals surface area contributed by atoms with Gasteiger partial charge in [-0.15, -0.1) is 0 Å². The van der Waals surface area contributed by atoms with Crippen molar-refractivity contribution in [3.8, 4) is 11.6 Å². The van der Waals surface area contributed by atoms with Gasteiger partial charge in [-0.1, -0.05) is 6.07 Å². The van der Waals surface area contributed by atoms with Crippen LogP contribution >= 0.6 is 0 Å². The minimum Gasteiger partial charge on any atom is -0.508 e. The summed E-state index contributed by atoms with van der Waals surface area (Å²) >= 11 is 0. The lowest BCUT2D eigenvalue weighted by molar-refractivity contribution is 0.234. The number of fused-ring (bicyclic) bond motifs is 1. The van der Waals surface area contributed by atoms with Crippen LogP contribution in [-0.2, 0) is 6.42 Å². The summed E-state index contributed by atoms with van der Waals surface area (Å²) in [5.74, 6) is 0.972. The van der Waals surface area contributed by atoms with Crippen LogP contribution in [0.1, 0.15) is 37.4 Å². The fourth-order valence-electron chi connectivity index (χ4n) is 2.76. The van der Waals surface area contributed by atoms with Crippen LogP contribution in [0.4, 0.5) is 5.69 Å². The Bertz CT molecular complexity index is 640. The number of ether oxygens (including phenoxy) is 1. The van der Waals surface area contributed by atoms with E-state index in [4.69, 9.17) is 4.74 Å². The molecule has 1 aliphatic rings. The maximum Gasteiger partial charge on any atom is 0.237 e. The van der Waals surface area contributed by atoms with Gasteiger partial charge >= 0.3 is 0 Å². The normalized spacial score (nSPS) is 16.8. The molecule has 1 aromatic heterocycles. The molecule has 4 heteroatoms. The van der Waals surface area contributed by atoms with E-state index in [-0.39, 0.29) is 12.1 Å². The van der Waals surface area contributed by atoms with E-state index in [2.05, 4.69) is 10.3 Å². The van der Waals surface area contributed by atoms with Crippen molar-refractivity contribution in [2.45, 2.75) is 38.8 Å². The van der Waals surface area contributed by atoms with Gasteiger partial charge in [0.25, 0.3) is 0 Å². The predicted octanol–water partition coefficient (Wildman–Crippen LogP) is 3.67. The number of nitrogens with zero attached hydrogens (tertiary/aromatic N) is 1. The Morgan fingerprint density at radius 3 is 3.00 bits per heavy atom. The Hall–Kier alpha value is -2.23. The number of nitrogens with one attached hydrogen (secondary N) is 1. The average molecular weight is 284 g/mol. The zero-order chi connectivity index (χ0) is 14.8. The van der Waals surface area contributed by atoms with Gasteiger partial charge in [0, 0.05) is 6.20 Å². The molecule has 4 nitrogen and oxygen atoms in total. The molecule has 1 aromatic carbocycles. The van der Waals surface area contributed by atoms with E-state index < -0.39 is 0 Å². The van der Waals surface area contributed by atoms with E-state index in [0.29, 0.717) is 11.6 Å². The molecule has 0 spiro atoms. The van der Waals surface area contributed by atoms with Crippen molar-refractivity contribution in [1.29, 1.82) is 0 Å². The van der Waals surface area contributed by atoms with Gasteiger partial charge in [0.1, 0.15) is 5.75 Å². The molecule has 2 aromatic rings. The Labute approximate surface area is 124 Å². The van der Waals surface area contributed by atoms with Crippen LogP contribution in [-0.4, -0.2) is 16.2 Å². The third-order valence-corrected chi connectivity index (χ3v) is 3.65. The molecular formula is C17H20N2O2. The van der Waals surface area contributed by atoms with E-state index in [1.807, 2.05) is 38.1 Å². The third kappa shape index (κ3) is 2.94. The van der Waals surface area contributed by atoms with Gasteiger partial charge in [0.15, 0.2) is 0 Å². The first kappa shape index (κ1) is 13.7. The zero-order valence-corrected chi connectivity index (χ0v) is 12.3. The van der Waals surface area contributed by atoms with Crippen molar-refractivity contribution >= 4 is 5.69 Å². The third-order valence-electron chi connectivity index (χ3n) is 3.65. The van der Waals surface area contributed by atoms with Crippen LogP contribution in [0.3, 0.4) is 0 Å². The molecule has 0 bridgehead atoms. The van der Waals surface area contributed by atoms with Gasteiger partial charge in [0.2, 0.25) is 5.88 Å². The molecule has 0 radical (unpaired) electrons. The minimum atomic E-state index is 0.0910. The number of aromatic nitrogens is 1. The van der Waals surface area contributed by atoms with Gasteiger partial charge in [-0.25, -0.2) is 4.98 Å². The molecule has 0 amide bonds. The number of benzene rings is 1. The average Bonchev–Trinajstić information content (AvgIpc) is 2.83. The lowest BCUT2D eigenvalue weighted by Gasteiger charge is -2.19. The van der Waals surface area contributed by atoms with Crippen molar-refractivity contribution in [1.82, 2.24) is 4.98 Å². The number of pyridine rings is 1. The van der Waals surface area contributed by atoms with E-state index in [9.17, 15) is 5.11 Å². The van der Waals surface area contributed by atoms with Gasteiger partial charge < -0.3 is 15.2 Å². The van der Waals surface area contributed by atoms with Crippen molar-refractivity contribution in [2.75, 3.05) is 5.32 Å². The fraction of sp³-hybridized carbons (Fsp3) is 0.353. The second-order valence-electron chi connectivity index (χ2n) is 5.64. The monoisotopic (exact) mass is 284 g/mol. The summed E-state index contributed by atoms with van der Waals surface area (Å²) in [6, 6.07) is 9.72. The SMILES string of the molecule is CC(C)Oc1ncccc1NC1CCc2cc(O)ccc21. The summed E-state index contributed by atoms with van der Waals surface area (Å²) in [5.41, 5.74) is 3.37. The van der Waals surface area contributed by atoms with Crippen LogP contribution in [0, 0.1) is 0 Å². The Kier molecular flexibility index (Phi) is 3.69.